The van der Waals surface area contributed by atoms with Crippen molar-refractivity contribution in [3.8, 4) is 11.5 Å². The highest BCUT2D eigenvalue weighted by atomic mass is 16.6. The van der Waals surface area contributed by atoms with Crippen LogP contribution in [0.25, 0.3) is 0 Å². The van der Waals surface area contributed by atoms with Gasteiger partial charge < -0.3 is 15.2 Å². The average molecular weight is 356 g/mol. The number of fused-ring (bicyclic) bond motifs is 2. The Morgan fingerprint density at radius 1 is 0.962 bits per heavy atom. The molecule has 0 radical (unpaired) electrons. The topological polar surface area (TPSA) is 87.6 Å². The number of nitrogens with two attached hydrogens (primary N) is 1. The van der Waals surface area contributed by atoms with Crippen LogP contribution in [0, 0.1) is 24.0 Å². The van der Waals surface area contributed by atoms with Crippen molar-refractivity contribution >= 4 is 11.4 Å². The van der Waals surface area contributed by atoms with Gasteiger partial charge in [-0.25, -0.2) is 0 Å². The van der Waals surface area contributed by atoms with Crippen LogP contribution in [0.5, 0.6) is 11.5 Å². The molecule has 0 amide bonds. The monoisotopic (exact) mass is 356 g/mol. The molecule has 2 aromatic carbocycles. The Hall–Kier alpha value is -2.76. The van der Waals surface area contributed by atoms with Crippen LogP contribution in [0.3, 0.4) is 0 Å². The van der Waals surface area contributed by atoms with Crippen molar-refractivity contribution in [2.75, 3.05) is 5.73 Å². The molecule has 26 heavy (non-hydrogen) atoms. The van der Waals surface area contributed by atoms with Crippen molar-refractivity contribution < 1.29 is 14.4 Å². The van der Waals surface area contributed by atoms with E-state index in [1.54, 1.807) is 6.07 Å². The van der Waals surface area contributed by atoms with Crippen molar-refractivity contribution in [3.05, 3.63) is 56.6 Å². The molecule has 2 atom stereocenters. The normalized spacial score (nSPS) is 19.5. The lowest BCUT2D eigenvalue weighted by molar-refractivity contribution is -0.385. The molecule has 2 N–H and O–H groups in total. The molecule has 2 aliphatic heterocycles. The second kappa shape index (κ2) is 6.86. The number of benzene rings is 2. The fraction of sp³-hybridized carbons (Fsp3) is 0.400. The van der Waals surface area contributed by atoms with Crippen molar-refractivity contribution in [1.29, 1.82) is 0 Å². The van der Waals surface area contributed by atoms with Gasteiger partial charge in [0.25, 0.3) is 0 Å². The number of nitrogens with zero attached hydrogens (tertiary/aromatic N) is 1. The molecule has 0 saturated carbocycles. The van der Waals surface area contributed by atoms with Crippen LogP contribution in [0.4, 0.5) is 11.4 Å². The lowest BCUT2D eigenvalue weighted by atomic mass is 10.1. The Morgan fingerprint density at radius 3 is 2.04 bits per heavy atom. The molecule has 0 spiro atoms. The zero-order valence-electron chi connectivity index (χ0n) is 15.5. The molecular weight excluding hydrogens is 332 g/mol. The van der Waals surface area contributed by atoms with Gasteiger partial charge in [0.15, 0.2) is 0 Å². The predicted octanol–water partition coefficient (Wildman–Crippen LogP) is 4.13. The molecule has 2 aromatic rings. The Morgan fingerprint density at radius 2 is 1.46 bits per heavy atom. The standard InChI is InChI=1S/C10H11NO3.C10H13NO/c1-6-3-8-5-7(2)14-10(8)9(4-6)11(12)13;1-6-3-8-5-7(2)12-10(8)9(11)4-6/h3-4,7H,5H2,1-2H3;3-4,7H,5,11H2,1-2H3/t2*7-/m11/s1. The fourth-order valence-corrected chi connectivity index (χ4v) is 3.53. The van der Waals surface area contributed by atoms with Crippen LogP contribution in [-0.2, 0) is 12.8 Å². The van der Waals surface area contributed by atoms with E-state index in [0.717, 1.165) is 35.4 Å². The number of nitrogen functional groups attached to an aromatic ring is 1. The average Bonchev–Trinajstić information content (AvgIpc) is 3.08. The van der Waals surface area contributed by atoms with Gasteiger partial charge in [-0.3, -0.25) is 10.1 Å². The molecule has 0 aliphatic carbocycles. The van der Waals surface area contributed by atoms with Gasteiger partial charge in [-0.1, -0.05) is 12.1 Å². The molecule has 0 aromatic heterocycles. The van der Waals surface area contributed by atoms with Crippen LogP contribution in [0.15, 0.2) is 24.3 Å². The number of hydrogen-bond donors (Lipinski definition) is 1. The Labute approximate surface area is 153 Å². The summed E-state index contributed by atoms with van der Waals surface area (Å²) in [6, 6.07) is 7.61. The molecule has 138 valence electrons. The first-order valence-electron chi connectivity index (χ1n) is 8.74. The third-order valence-electron chi connectivity index (χ3n) is 4.48. The van der Waals surface area contributed by atoms with Gasteiger partial charge in [0, 0.05) is 30.0 Å². The smallest absolute Gasteiger partial charge is 0.311 e. The van der Waals surface area contributed by atoms with E-state index in [4.69, 9.17) is 15.2 Å². The second-order valence-electron chi connectivity index (χ2n) is 7.14. The van der Waals surface area contributed by atoms with E-state index < -0.39 is 0 Å². The summed E-state index contributed by atoms with van der Waals surface area (Å²) in [6.07, 6.45) is 2.08. The number of anilines is 1. The van der Waals surface area contributed by atoms with E-state index in [0.29, 0.717) is 5.75 Å². The van der Waals surface area contributed by atoms with Crippen molar-refractivity contribution in [2.24, 2.45) is 0 Å². The predicted molar refractivity (Wildman–Crippen MR) is 101 cm³/mol. The van der Waals surface area contributed by atoms with Gasteiger partial charge in [-0.2, -0.15) is 0 Å². The number of nitro benzene ring substituents is 1. The quantitative estimate of drug-likeness (QED) is 0.471. The highest BCUT2D eigenvalue weighted by Gasteiger charge is 2.28. The molecule has 0 saturated heterocycles. The van der Waals surface area contributed by atoms with E-state index in [-0.39, 0.29) is 22.8 Å². The lowest BCUT2D eigenvalue weighted by Crippen LogP contribution is -2.05. The van der Waals surface area contributed by atoms with E-state index in [1.807, 2.05) is 26.0 Å². The molecule has 4 rings (SSSR count). The molecule has 0 bridgehead atoms. The van der Waals surface area contributed by atoms with E-state index in [2.05, 4.69) is 19.9 Å². The maximum atomic E-state index is 10.7. The number of aryl methyl sites for hydroxylation is 2. The van der Waals surface area contributed by atoms with Crippen LogP contribution in [-0.4, -0.2) is 17.1 Å². The summed E-state index contributed by atoms with van der Waals surface area (Å²) in [6.45, 7) is 7.89. The molecule has 2 heterocycles. The highest BCUT2D eigenvalue weighted by Crippen LogP contribution is 2.38. The van der Waals surface area contributed by atoms with Crippen LogP contribution >= 0.6 is 0 Å². The van der Waals surface area contributed by atoms with Crippen LogP contribution in [0.2, 0.25) is 0 Å². The zero-order chi connectivity index (χ0) is 19.0. The van der Waals surface area contributed by atoms with Crippen LogP contribution in [0.1, 0.15) is 36.1 Å². The third kappa shape index (κ3) is 3.59. The first-order valence-corrected chi connectivity index (χ1v) is 8.74. The minimum Gasteiger partial charge on any atom is -0.488 e. The minimum atomic E-state index is -0.385. The number of rotatable bonds is 1. The Balaban J connectivity index is 0.000000152. The van der Waals surface area contributed by atoms with Crippen molar-refractivity contribution in [2.45, 2.75) is 52.7 Å². The first-order chi connectivity index (χ1) is 12.2. The first kappa shape index (κ1) is 18.0. The lowest BCUT2D eigenvalue weighted by Gasteiger charge is -2.05. The fourth-order valence-electron chi connectivity index (χ4n) is 3.53. The summed E-state index contributed by atoms with van der Waals surface area (Å²) < 4.78 is 11.0. The van der Waals surface area contributed by atoms with Crippen LogP contribution < -0.4 is 15.2 Å². The maximum Gasteiger partial charge on any atom is 0.311 e. The second-order valence-corrected chi connectivity index (χ2v) is 7.14. The summed E-state index contributed by atoms with van der Waals surface area (Å²) in [4.78, 5) is 10.4. The van der Waals surface area contributed by atoms with Crippen molar-refractivity contribution in [1.82, 2.24) is 0 Å². The molecular formula is C20H24N2O4. The molecule has 0 unspecified atom stereocenters. The number of hydrogen-bond acceptors (Lipinski definition) is 5. The summed E-state index contributed by atoms with van der Waals surface area (Å²) >= 11 is 0. The van der Waals surface area contributed by atoms with Gasteiger partial charge in [0.2, 0.25) is 5.75 Å². The van der Waals surface area contributed by atoms with Gasteiger partial charge in [-0.15, -0.1) is 0 Å². The largest absolute Gasteiger partial charge is 0.488 e. The summed E-state index contributed by atoms with van der Waals surface area (Å²) in [5.41, 5.74) is 11.0. The molecule has 6 nitrogen and oxygen atoms in total. The third-order valence-corrected chi connectivity index (χ3v) is 4.48. The highest BCUT2D eigenvalue weighted by molar-refractivity contribution is 5.60. The van der Waals surface area contributed by atoms with Gasteiger partial charge in [-0.05, 0) is 44.9 Å². The maximum absolute atomic E-state index is 10.7. The summed E-state index contributed by atoms with van der Waals surface area (Å²) in [7, 11) is 0. The SMILES string of the molecule is Cc1cc(N)c2c(c1)C[C@@H](C)O2.Cc1cc2c(c([N+](=O)[O-])c1)O[C@H](C)C2. The Kier molecular flexibility index (Phi) is 4.76. The molecule has 0 fully saturated rings. The van der Waals surface area contributed by atoms with E-state index in [1.165, 1.54) is 11.1 Å². The number of ether oxygens (including phenoxy) is 2. The minimum absolute atomic E-state index is 0.0468. The summed E-state index contributed by atoms with van der Waals surface area (Å²) in [5.74, 6) is 1.35. The summed E-state index contributed by atoms with van der Waals surface area (Å²) in [5, 5.41) is 10.7. The van der Waals surface area contributed by atoms with Gasteiger partial charge in [0.1, 0.15) is 18.0 Å². The van der Waals surface area contributed by atoms with Gasteiger partial charge >= 0.3 is 5.69 Å². The Bertz CT molecular complexity index is 863. The molecule has 6 heteroatoms. The van der Waals surface area contributed by atoms with E-state index in [9.17, 15) is 10.1 Å². The van der Waals surface area contributed by atoms with Gasteiger partial charge in [0.05, 0.1) is 10.6 Å². The molecule has 2 aliphatic rings. The zero-order valence-corrected chi connectivity index (χ0v) is 15.5. The number of nitro groups is 1. The van der Waals surface area contributed by atoms with E-state index >= 15 is 0 Å². The van der Waals surface area contributed by atoms with Crippen molar-refractivity contribution in [3.63, 3.8) is 0 Å².